The molecule has 0 spiro atoms. The second kappa shape index (κ2) is 17.4. The number of nitro groups is 1. The highest BCUT2D eigenvalue weighted by Crippen LogP contribution is 2.40. The van der Waals surface area contributed by atoms with Gasteiger partial charge in [-0.3, -0.25) is 10.1 Å². The Bertz CT molecular complexity index is 1510. The SMILES string of the molecule is CO.COc1ccc(N)c(Oc2ccc(OC)cc2OC)c1.COc1ccc(Oc2cc(OC)ccc2[N+](=O)[O-])c(OC)c1. The summed E-state index contributed by atoms with van der Waals surface area (Å²) < 4.78 is 42.4. The quantitative estimate of drug-likeness (QED) is 0.114. The fourth-order valence-electron chi connectivity index (χ4n) is 3.54. The average Bonchev–Trinajstić information content (AvgIpc) is 3.07. The van der Waals surface area contributed by atoms with E-state index in [1.807, 2.05) is 0 Å². The van der Waals surface area contributed by atoms with Gasteiger partial charge in [-0.25, -0.2) is 0 Å². The van der Waals surface area contributed by atoms with E-state index in [1.54, 1.807) is 75.9 Å². The Morgan fingerprint density at radius 3 is 1.30 bits per heavy atom. The van der Waals surface area contributed by atoms with Crippen LogP contribution in [0.1, 0.15) is 0 Å². The second-order valence-electron chi connectivity index (χ2n) is 8.23. The van der Waals surface area contributed by atoms with Crippen molar-refractivity contribution >= 4 is 11.4 Å². The summed E-state index contributed by atoms with van der Waals surface area (Å²) in [7, 11) is 10.2. The number of hydrogen-bond donors (Lipinski definition) is 2. The van der Waals surface area contributed by atoms with Gasteiger partial charge < -0.3 is 48.7 Å². The highest BCUT2D eigenvalue weighted by molar-refractivity contribution is 5.59. The molecule has 3 N–H and O–H groups in total. The molecule has 0 heterocycles. The Morgan fingerprint density at radius 1 is 0.523 bits per heavy atom. The lowest BCUT2D eigenvalue weighted by molar-refractivity contribution is -0.385. The van der Waals surface area contributed by atoms with Crippen LogP contribution in [0.5, 0.6) is 57.5 Å². The van der Waals surface area contributed by atoms with E-state index in [2.05, 4.69) is 0 Å². The number of ether oxygens (including phenoxy) is 8. The first-order valence-electron chi connectivity index (χ1n) is 12.8. The molecule has 0 aliphatic carbocycles. The first-order chi connectivity index (χ1) is 21.3. The molecule has 4 aromatic carbocycles. The zero-order chi connectivity index (χ0) is 32.6. The number of benzene rings is 4. The third-order valence-corrected chi connectivity index (χ3v) is 5.77. The van der Waals surface area contributed by atoms with Crippen LogP contribution in [-0.2, 0) is 0 Å². The molecule has 0 aliphatic rings. The van der Waals surface area contributed by atoms with Crippen LogP contribution >= 0.6 is 0 Å². The third-order valence-electron chi connectivity index (χ3n) is 5.77. The molecule has 0 aromatic heterocycles. The van der Waals surface area contributed by atoms with Crippen molar-refractivity contribution in [1.29, 1.82) is 0 Å². The lowest BCUT2D eigenvalue weighted by atomic mass is 10.2. The summed E-state index contributed by atoms with van der Waals surface area (Å²) >= 11 is 0. The molecule has 0 amide bonds. The molecule has 0 bridgehead atoms. The van der Waals surface area contributed by atoms with Crippen LogP contribution in [0.3, 0.4) is 0 Å². The summed E-state index contributed by atoms with van der Waals surface area (Å²) in [5, 5.41) is 18.1. The average molecular weight is 613 g/mol. The van der Waals surface area contributed by atoms with E-state index in [9.17, 15) is 10.1 Å². The van der Waals surface area contributed by atoms with E-state index in [0.29, 0.717) is 57.4 Å². The maximum atomic E-state index is 11.1. The summed E-state index contributed by atoms with van der Waals surface area (Å²) in [4.78, 5) is 10.6. The number of aliphatic hydroxyl groups excluding tert-OH is 1. The van der Waals surface area contributed by atoms with Gasteiger partial charge in [0.2, 0.25) is 5.75 Å². The Morgan fingerprint density at radius 2 is 0.886 bits per heavy atom. The molecule has 0 saturated carbocycles. The smallest absolute Gasteiger partial charge is 0.311 e. The molecule has 0 saturated heterocycles. The number of aliphatic hydroxyl groups is 1. The van der Waals surface area contributed by atoms with Crippen LogP contribution in [0.25, 0.3) is 0 Å². The standard InChI is InChI=1S/C15H15NO6.C15H17NO4.CH4O/c1-19-10-4-6-12(16(17)18)14(8-10)22-13-7-5-11(20-2)9-15(13)21-3;1-17-10-4-6-12(16)14(8-10)20-13-7-5-11(18-2)9-15(13)19-3;1-2/h4-9H,1-3H3;4-9H,16H2,1-3H3;2H,1H3. The van der Waals surface area contributed by atoms with E-state index in [0.717, 1.165) is 7.11 Å². The number of methoxy groups -OCH3 is 6. The first-order valence-corrected chi connectivity index (χ1v) is 12.8. The summed E-state index contributed by atoms with van der Waals surface area (Å²) in [6.07, 6.45) is 0. The zero-order valence-electron chi connectivity index (χ0n) is 25.5. The van der Waals surface area contributed by atoms with Gasteiger partial charge in [-0.15, -0.1) is 0 Å². The molecular weight excluding hydrogens is 576 g/mol. The molecule has 0 unspecified atom stereocenters. The van der Waals surface area contributed by atoms with Crippen LogP contribution in [0.15, 0.2) is 72.8 Å². The van der Waals surface area contributed by atoms with Crippen molar-refractivity contribution in [1.82, 2.24) is 0 Å². The van der Waals surface area contributed by atoms with E-state index < -0.39 is 4.92 Å². The molecule has 13 heteroatoms. The molecule has 44 heavy (non-hydrogen) atoms. The Kier molecular flexibility index (Phi) is 13.7. The van der Waals surface area contributed by atoms with Crippen molar-refractivity contribution < 1.29 is 47.9 Å². The molecular formula is C31H36N2O11. The van der Waals surface area contributed by atoms with Crippen molar-refractivity contribution in [3.8, 4) is 57.5 Å². The number of hydrogen-bond acceptors (Lipinski definition) is 12. The molecule has 13 nitrogen and oxygen atoms in total. The van der Waals surface area contributed by atoms with E-state index >= 15 is 0 Å². The number of nitrogens with two attached hydrogens (primary N) is 1. The summed E-state index contributed by atoms with van der Waals surface area (Å²) in [6.45, 7) is 0. The van der Waals surface area contributed by atoms with E-state index in [1.165, 1.54) is 39.5 Å². The van der Waals surface area contributed by atoms with Crippen molar-refractivity contribution in [3.05, 3.63) is 82.9 Å². The van der Waals surface area contributed by atoms with Gasteiger partial charge in [0, 0.05) is 37.4 Å². The summed E-state index contributed by atoms with van der Waals surface area (Å²) in [6, 6.07) is 19.7. The van der Waals surface area contributed by atoms with Crippen LogP contribution in [0.2, 0.25) is 0 Å². The minimum atomic E-state index is -0.523. The van der Waals surface area contributed by atoms with Gasteiger partial charge in [-0.1, -0.05) is 0 Å². The van der Waals surface area contributed by atoms with E-state index in [4.69, 9.17) is 48.7 Å². The highest BCUT2D eigenvalue weighted by Gasteiger charge is 2.19. The lowest BCUT2D eigenvalue weighted by Crippen LogP contribution is -1.96. The topological polar surface area (TPSA) is 163 Å². The van der Waals surface area contributed by atoms with Crippen LogP contribution in [-0.4, -0.2) is 59.8 Å². The predicted molar refractivity (Wildman–Crippen MR) is 164 cm³/mol. The molecule has 0 radical (unpaired) electrons. The minimum absolute atomic E-state index is 0.0628. The predicted octanol–water partition coefficient (Wildman–Crippen LogP) is 6.11. The zero-order valence-corrected chi connectivity index (χ0v) is 25.5. The number of rotatable bonds is 11. The molecule has 0 atom stereocenters. The van der Waals surface area contributed by atoms with Gasteiger partial charge in [0.15, 0.2) is 28.7 Å². The minimum Gasteiger partial charge on any atom is -0.497 e. The Balaban J connectivity index is 0.000000292. The summed E-state index contributed by atoms with van der Waals surface area (Å²) in [5.74, 6) is 4.81. The second-order valence-corrected chi connectivity index (χ2v) is 8.23. The molecule has 0 fully saturated rings. The van der Waals surface area contributed by atoms with Crippen LogP contribution in [0, 0.1) is 10.1 Å². The number of nitrogen functional groups attached to an aromatic ring is 1. The van der Waals surface area contributed by atoms with Gasteiger partial charge in [-0.05, 0) is 42.5 Å². The van der Waals surface area contributed by atoms with Crippen molar-refractivity contribution in [2.45, 2.75) is 0 Å². The number of nitrogens with zero attached hydrogens (tertiary/aromatic N) is 1. The van der Waals surface area contributed by atoms with Crippen molar-refractivity contribution in [3.63, 3.8) is 0 Å². The fourth-order valence-corrected chi connectivity index (χ4v) is 3.54. The van der Waals surface area contributed by atoms with Crippen LogP contribution in [0.4, 0.5) is 11.4 Å². The number of nitro benzene ring substituents is 1. The normalized spacial score (nSPS) is 9.64. The lowest BCUT2D eigenvalue weighted by Gasteiger charge is -2.13. The Labute approximate surface area is 255 Å². The largest absolute Gasteiger partial charge is 0.497 e. The van der Waals surface area contributed by atoms with Gasteiger partial charge in [0.25, 0.3) is 0 Å². The first kappa shape index (κ1) is 34.6. The van der Waals surface area contributed by atoms with Gasteiger partial charge in [0.1, 0.15) is 23.0 Å². The maximum Gasteiger partial charge on any atom is 0.311 e. The van der Waals surface area contributed by atoms with Gasteiger partial charge >= 0.3 is 5.69 Å². The highest BCUT2D eigenvalue weighted by atomic mass is 16.6. The molecule has 0 aliphatic heterocycles. The van der Waals surface area contributed by atoms with E-state index in [-0.39, 0.29) is 11.4 Å². The summed E-state index contributed by atoms with van der Waals surface area (Å²) in [5.41, 5.74) is 6.24. The monoisotopic (exact) mass is 612 g/mol. The fraction of sp³-hybridized carbons (Fsp3) is 0.226. The van der Waals surface area contributed by atoms with Gasteiger partial charge in [0.05, 0.1) is 53.3 Å². The van der Waals surface area contributed by atoms with Crippen molar-refractivity contribution in [2.24, 2.45) is 0 Å². The van der Waals surface area contributed by atoms with Crippen molar-refractivity contribution in [2.75, 3.05) is 55.5 Å². The third kappa shape index (κ3) is 9.22. The van der Waals surface area contributed by atoms with Gasteiger partial charge in [-0.2, -0.15) is 0 Å². The molecule has 4 rings (SSSR count). The maximum absolute atomic E-state index is 11.1. The molecule has 4 aromatic rings. The van der Waals surface area contributed by atoms with Crippen LogP contribution < -0.4 is 43.6 Å². The number of anilines is 1. The Hall–Kier alpha value is -5.56. The molecule has 236 valence electrons.